The predicted molar refractivity (Wildman–Crippen MR) is 89.9 cm³/mol. The van der Waals surface area contributed by atoms with E-state index in [9.17, 15) is 0 Å². The monoisotopic (exact) mass is 322 g/mol. The first-order chi connectivity index (χ1) is 9.67. The molecule has 0 unspecified atom stereocenters. The molecule has 0 aliphatic carbocycles. The van der Waals surface area contributed by atoms with Gasteiger partial charge in [0.2, 0.25) is 0 Å². The van der Waals surface area contributed by atoms with E-state index in [1.54, 1.807) is 11.8 Å². The van der Waals surface area contributed by atoms with Crippen molar-refractivity contribution in [2.45, 2.75) is 23.1 Å². The van der Waals surface area contributed by atoms with Crippen LogP contribution in [0, 0.1) is 0 Å². The molecule has 20 heavy (non-hydrogen) atoms. The fourth-order valence-corrected chi connectivity index (χ4v) is 2.92. The third-order valence-corrected chi connectivity index (χ3v) is 4.16. The molecule has 2 rings (SSSR count). The number of thiocarbonyl (C=S) groups is 1. The fraction of sp³-hybridized carbons (Fsp3) is 0.188. The highest BCUT2D eigenvalue weighted by atomic mass is 35.5. The van der Waals surface area contributed by atoms with Crippen LogP contribution in [0.4, 0.5) is 0 Å². The summed E-state index contributed by atoms with van der Waals surface area (Å²) in [4.78, 5) is 2.37. The minimum Gasteiger partial charge on any atom is -0.487 e. The Kier molecular flexibility index (Phi) is 5.89. The predicted octanol–water partition coefficient (Wildman–Crippen LogP) is 5.40. The largest absolute Gasteiger partial charge is 0.487 e. The summed E-state index contributed by atoms with van der Waals surface area (Å²) in [6.07, 6.45) is 0.690. The maximum absolute atomic E-state index is 5.88. The van der Waals surface area contributed by atoms with E-state index in [0.717, 1.165) is 5.02 Å². The van der Waals surface area contributed by atoms with Crippen molar-refractivity contribution in [3.8, 4) is 0 Å². The van der Waals surface area contributed by atoms with Crippen molar-refractivity contribution in [1.29, 1.82) is 0 Å². The first-order valence-corrected chi connectivity index (χ1v) is 7.95. The quantitative estimate of drug-likeness (QED) is 0.682. The van der Waals surface area contributed by atoms with Crippen LogP contribution in [0.3, 0.4) is 0 Å². The van der Waals surface area contributed by atoms with Gasteiger partial charge in [0.25, 0.3) is 0 Å². The van der Waals surface area contributed by atoms with Crippen molar-refractivity contribution in [2.24, 2.45) is 0 Å². The fourth-order valence-electron chi connectivity index (χ4n) is 1.69. The number of hydrogen-bond acceptors (Lipinski definition) is 3. The molecule has 2 aromatic rings. The van der Waals surface area contributed by atoms with E-state index in [0.29, 0.717) is 18.1 Å². The number of rotatable bonds is 5. The zero-order valence-corrected chi connectivity index (χ0v) is 13.5. The van der Waals surface area contributed by atoms with Crippen LogP contribution in [0.5, 0.6) is 0 Å². The lowest BCUT2D eigenvalue weighted by Gasteiger charge is -2.06. The second kappa shape index (κ2) is 7.67. The standard InChI is InChI=1S/C16H15ClOS2/c1-2-18-16(19)11-12-3-7-14(8-4-12)20-15-9-5-13(17)6-10-15/h3-10H,2,11H2,1H3. The SMILES string of the molecule is CCOC(=S)Cc1ccc(Sc2ccc(Cl)cc2)cc1. The number of benzene rings is 2. The van der Waals surface area contributed by atoms with E-state index in [1.807, 2.05) is 31.2 Å². The van der Waals surface area contributed by atoms with Crippen molar-refractivity contribution in [2.75, 3.05) is 6.61 Å². The molecule has 0 atom stereocenters. The van der Waals surface area contributed by atoms with Gasteiger partial charge in [0, 0.05) is 21.2 Å². The van der Waals surface area contributed by atoms with E-state index in [2.05, 4.69) is 24.3 Å². The lowest BCUT2D eigenvalue weighted by molar-refractivity contribution is 0.330. The molecule has 0 saturated heterocycles. The van der Waals surface area contributed by atoms with Gasteiger partial charge < -0.3 is 4.74 Å². The van der Waals surface area contributed by atoms with Crippen LogP contribution >= 0.6 is 35.6 Å². The maximum Gasteiger partial charge on any atom is 0.164 e. The number of hydrogen-bond donors (Lipinski definition) is 0. The van der Waals surface area contributed by atoms with Gasteiger partial charge in [-0.25, -0.2) is 0 Å². The Bertz CT molecular complexity index is 564. The molecule has 0 aromatic heterocycles. The first-order valence-electron chi connectivity index (χ1n) is 6.35. The summed E-state index contributed by atoms with van der Waals surface area (Å²) in [5, 5.41) is 1.40. The zero-order valence-electron chi connectivity index (χ0n) is 11.1. The van der Waals surface area contributed by atoms with Crippen LogP contribution in [0.25, 0.3) is 0 Å². The molecule has 0 aliphatic rings. The van der Waals surface area contributed by atoms with Crippen molar-refractivity contribution < 1.29 is 4.74 Å². The lowest BCUT2D eigenvalue weighted by atomic mass is 10.2. The summed E-state index contributed by atoms with van der Waals surface area (Å²) in [5.41, 5.74) is 1.17. The third-order valence-electron chi connectivity index (χ3n) is 2.63. The van der Waals surface area contributed by atoms with E-state index in [1.165, 1.54) is 15.4 Å². The van der Waals surface area contributed by atoms with Crippen molar-refractivity contribution in [3.05, 3.63) is 59.1 Å². The van der Waals surface area contributed by atoms with E-state index in [4.69, 9.17) is 28.6 Å². The number of halogens is 1. The highest BCUT2D eigenvalue weighted by molar-refractivity contribution is 7.99. The highest BCUT2D eigenvalue weighted by Crippen LogP contribution is 2.28. The molecular formula is C16H15ClOS2. The Labute approximate surface area is 134 Å². The van der Waals surface area contributed by atoms with Crippen LogP contribution in [0.1, 0.15) is 12.5 Å². The molecule has 0 spiro atoms. The van der Waals surface area contributed by atoms with E-state index >= 15 is 0 Å². The van der Waals surface area contributed by atoms with Crippen molar-refractivity contribution in [1.82, 2.24) is 0 Å². The molecule has 104 valence electrons. The maximum atomic E-state index is 5.88. The van der Waals surface area contributed by atoms with Crippen molar-refractivity contribution >= 4 is 40.6 Å². The molecule has 0 N–H and O–H groups in total. The summed E-state index contributed by atoms with van der Waals surface area (Å²) in [6, 6.07) is 16.2. The molecular weight excluding hydrogens is 308 g/mol. The van der Waals surface area contributed by atoms with Crippen LogP contribution < -0.4 is 0 Å². The van der Waals surface area contributed by atoms with Crippen LogP contribution in [-0.2, 0) is 11.2 Å². The van der Waals surface area contributed by atoms with Crippen molar-refractivity contribution in [3.63, 3.8) is 0 Å². The van der Waals surface area contributed by atoms with Gasteiger partial charge in [-0.05, 0) is 61.1 Å². The van der Waals surface area contributed by atoms with Gasteiger partial charge in [-0.15, -0.1) is 0 Å². The zero-order chi connectivity index (χ0) is 14.4. The van der Waals surface area contributed by atoms with Crippen LogP contribution in [0.15, 0.2) is 58.3 Å². The third kappa shape index (κ3) is 4.82. The van der Waals surface area contributed by atoms with Crippen LogP contribution in [0.2, 0.25) is 5.02 Å². The van der Waals surface area contributed by atoms with Gasteiger partial charge in [0.05, 0.1) is 6.61 Å². The summed E-state index contributed by atoms with van der Waals surface area (Å²) >= 11 is 12.7. The summed E-state index contributed by atoms with van der Waals surface area (Å²) < 4.78 is 5.30. The molecule has 0 amide bonds. The summed E-state index contributed by atoms with van der Waals surface area (Å²) in [7, 11) is 0. The molecule has 4 heteroatoms. The molecule has 0 aliphatic heterocycles. The Hall–Kier alpha value is -1.03. The molecule has 1 nitrogen and oxygen atoms in total. The summed E-state index contributed by atoms with van der Waals surface area (Å²) in [6.45, 7) is 2.57. The number of ether oxygens (including phenoxy) is 1. The molecule has 0 saturated carbocycles. The highest BCUT2D eigenvalue weighted by Gasteiger charge is 2.01. The minimum atomic E-state index is 0.628. The van der Waals surface area contributed by atoms with Gasteiger partial charge in [0.15, 0.2) is 5.05 Å². The molecule has 0 radical (unpaired) electrons. The second-order valence-corrected chi connectivity index (χ2v) is 6.22. The Morgan fingerprint density at radius 2 is 1.60 bits per heavy atom. The Morgan fingerprint density at radius 1 is 1.05 bits per heavy atom. The molecule has 0 bridgehead atoms. The Morgan fingerprint density at radius 3 is 2.15 bits per heavy atom. The van der Waals surface area contributed by atoms with E-state index < -0.39 is 0 Å². The molecule has 0 heterocycles. The lowest BCUT2D eigenvalue weighted by Crippen LogP contribution is -2.04. The summed E-state index contributed by atoms with van der Waals surface area (Å²) in [5.74, 6) is 0. The molecule has 2 aromatic carbocycles. The van der Waals surface area contributed by atoms with Gasteiger partial charge in [-0.3, -0.25) is 0 Å². The smallest absolute Gasteiger partial charge is 0.164 e. The van der Waals surface area contributed by atoms with Gasteiger partial charge in [-0.2, -0.15) is 0 Å². The van der Waals surface area contributed by atoms with E-state index in [-0.39, 0.29) is 0 Å². The van der Waals surface area contributed by atoms with Gasteiger partial charge in [-0.1, -0.05) is 35.5 Å². The van der Waals surface area contributed by atoms with Gasteiger partial charge >= 0.3 is 0 Å². The van der Waals surface area contributed by atoms with Crippen LogP contribution in [-0.4, -0.2) is 11.7 Å². The second-order valence-electron chi connectivity index (χ2n) is 4.18. The Balaban J connectivity index is 1.97. The van der Waals surface area contributed by atoms with Gasteiger partial charge in [0.1, 0.15) is 0 Å². The average molecular weight is 323 g/mol. The normalized spacial score (nSPS) is 10.3. The topological polar surface area (TPSA) is 9.23 Å². The first kappa shape index (κ1) is 15.4. The average Bonchev–Trinajstić information content (AvgIpc) is 2.44. The molecule has 0 fully saturated rings. The minimum absolute atomic E-state index is 0.628.